The monoisotopic (exact) mass is 328 g/mol. The first-order chi connectivity index (χ1) is 10.2. The van der Waals surface area contributed by atoms with Crippen molar-refractivity contribution in [2.24, 2.45) is 0 Å². The first kappa shape index (κ1) is 19.1. The lowest BCUT2D eigenvalue weighted by atomic mass is 9.79. The quantitative estimate of drug-likeness (QED) is 0.814. The average Bonchev–Trinajstić information content (AvgIpc) is 2.28. The van der Waals surface area contributed by atoms with Gasteiger partial charge in [-0.05, 0) is 81.1 Å². The van der Waals surface area contributed by atoms with Gasteiger partial charge in [0.05, 0.1) is 12.2 Å². The molecule has 2 N–H and O–H groups in total. The SMILES string of the molecule is CC1(C)CC(ON2C(C)(C)CC(O)CC2(C)C)CC(C)(C)N1O. The van der Waals surface area contributed by atoms with E-state index in [0.717, 1.165) is 12.8 Å². The lowest BCUT2D eigenvalue weighted by molar-refractivity contribution is -0.343. The van der Waals surface area contributed by atoms with Crippen LogP contribution in [0.25, 0.3) is 0 Å². The van der Waals surface area contributed by atoms with Gasteiger partial charge in [0.2, 0.25) is 0 Å². The minimum Gasteiger partial charge on any atom is -0.393 e. The minimum atomic E-state index is -0.323. The van der Waals surface area contributed by atoms with E-state index in [1.807, 2.05) is 0 Å². The highest BCUT2D eigenvalue weighted by Gasteiger charge is 2.50. The molecule has 0 aromatic carbocycles. The summed E-state index contributed by atoms with van der Waals surface area (Å²) in [5.74, 6) is 0. The van der Waals surface area contributed by atoms with Crippen LogP contribution in [-0.2, 0) is 4.84 Å². The molecule has 23 heavy (non-hydrogen) atoms. The summed E-state index contributed by atoms with van der Waals surface area (Å²) in [6.07, 6.45) is 2.74. The second kappa shape index (κ2) is 5.67. The Morgan fingerprint density at radius 3 is 1.52 bits per heavy atom. The van der Waals surface area contributed by atoms with Crippen molar-refractivity contribution < 1.29 is 15.2 Å². The lowest BCUT2D eigenvalue weighted by Crippen LogP contribution is -2.65. The molecule has 136 valence electrons. The normalized spacial score (nSPS) is 32.1. The highest BCUT2D eigenvalue weighted by atomic mass is 16.7. The molecule has 5 heteroatoms. The molecule has 0 unspecified atom stereocenters. The van der Waals surface area contributed by atoms with Gasteiger partial charge >= 0.3 is 0 Å². The van der Waals surface area contributed by atoms with E-state index in [2.05, 4.69) is 60.5 Å². The van der Waals surface area contributed by atoms with Crippen LogP contribution in [0.1, 0.15) is 81.1 Å². The molecule has 0 radical (unpaired) electrons. The first-order valence-corrected chi connectivity index (χ1v) is 8.82. The molecule has 0 aromatic rings. The van der Waals surface area contributed by atoms with Crippen molar-refractivity contribution in [2.75, 3.05) is 0 Å². The van der Waals surface area contributed by atoms with E-state index in [4.69, 9.17) is 4.84 Å². The summed E-state index contributed by atoms with van der Waals surface area (Å²) in [5.41, 5.74) is -1.08. The van der Waals surface area contributed by atoms with Crippen LogP contribution in [0.3, 0.4) is 0 Å². The molecule has 0 aromatic heterocycles. The van der Waals surface area contributed by atoms with Crippen molar-refractivity contribution in [1.29, 1.82) is 0 Å². The van der Waals surface area contributed by atoms with E-state index in [1.54, 1.807) is 0 Å². The molecular weight excluding hydrogens is 292 g/mol. The molecule has 2 fully saturated rings. The fraction of sp³-hybridized carbons (Fsp3) is 1.00. The zero-order chi connectivity index (χ0) is 17.8. The maximum absolute atomic E-state index is 10.5. The van der Waals surface area contributed by atoms with Crippen LogP contribution in [0.15, 0.2) is 0 Å². The van der Waals surface area contributed by atoms with E-state index in [0.29, 0.717) is 12.8 Å². The van der Waals surface area contributed by atoms with Crippen molar-refractivity contribution >= 4 is 0 Å². The zero-order valence-corrected chi connectivity index (χ0v) is 16.2. The Morgan fingerprint density at radius 1 is 0.739 bits per heavy atom. The summed E-state index contributed by atoms with van der Waals surface area (Å²) in [6.45, 7) is 16.8. The van der Waals surface area contributed by atoms with Crippen molar-refractivity contribution in [3.63, 3.8) is 0 Å². The number of rotatable bonds is 2. The Bertz CT molecular complexity index is 410. The second-order valence-corrected chi connectivity index (χ2v) is 10.1. The van der Waals surface area contributed by atoms with Crippen LogP contribution in [0, 0.1) is 0 Å². The average molecular weight is 328 g/mol. The number of hydroxylamine groups is 4. The fourth-order valence-corrected chi connectivity index (χ4v) is 4.90. The highest BCUT2D eigenvalue weighted by Crippen LogP contribution is 2.43. The molecular formula is C18H36N2O3. The lowest BCUT2D eigenvalue weighted by Gasteiger charge is -2.57. The van der Waals surface area contributed by atoms with Crippen LogP contribution >= 0.6 is 0 Å². The number of hydrogen-bond donors (Lipinski definition) is 2. The van der Waals surface area contributed by atoms with Crippen LogP contribution in [0.2, 0.25) is 0 Å². The first-order valence-electron chi connectivity index (χ1n) is 8.82. The van der Waals surface area contributed by atoms with E-state index >= 15 is 0 Å². The minimum absolute atomic E-state index is 0.0530. The third-order valence-electron chi connectivity index (χ3n) is 5.43. The maximum Gasteiger partial charge on any atom is 0.0830 e. The zero-order valence-electron chi connectivity index (χ0n) is 16.2. The molecule has 2 aliphatic rings. The van der Waals surface area contributed by atoms with Gasteiger partial charge in [-0.1, -0.05) is 0 Å². The maximum atomic E-state index is 10.5. The van der Waals surface area contributed by atoms with Crippen molar-refractivity contribution in [2.45, 2.75) is 115 Å². The summed E-state index contributed by atoms with van der Waals surface area (Å²) in [7, 11) is 0. The smallest absolute Gasteiger partial charge is 0.0830 e. The van der Waals surface area contributed by atoms with Gasteiger partial charge in [0.15, 0.2) is 0 Å². The van der Waals surface area contributed by atoms with Gasteiger partial charge in [0, 0.05) is 22.2 Å². The molecule has 0 aliphatic carbocycles. The Labute approximate surface area is 141 Å². The van der Waals surface area contributed by atoms with Gasteiger partial charge in [-0.25, -0.2) is 0 Å². The van der Waals surface area contributed by atoms with E-state index < -0.39 is 0 Å². The van der Waals surface area contributed by atoms with Crippen molar-refractivity contribution in [3.8, 4) is 0 Å². The standard InChI is InChI=1S/C18H36N2O3/c1-15(2)11-14(12-16(3,4)19(15)22)23-20-17(5,6)9-13(21)10-18(20,7)8/h13-14,21-22H,9-12H2,1-8H3. The molecule has 2 rings (SSSR count). The number of aliphatic hydroxyl groups excluding tert-OH is 1. The molecule has 0 amide bonds. The van der Waals surface area contributed by atoms with Gasteiger partial charge in [-0.15, -0.1) is 0 Å². The predicted molar refractivity (Wildman–Crippen MR) is 91.1 cm³/mol. The van der Waals surface area contributed by atoms with E-state index in [-0.39, 0.29) is 34.4 Å². The Balaban J connectivity index is 2.20. The fourth-order valence-electron chi connectivity index (χ4n) is 4.90. The van der Waals surface area contributed by atoms with Crippen LogP contribution in [0.4, 0.5) is 0 Å². The third kappa shape index (κ3) is 3.74. The molecule has 0 atom stereocenters. The molecule has 0 saturated carbocycles. The summed E-state index contributed by atoms with van der Waals surface area (Å²) in [5, 5.41) is 24.2. The molecule has 2 aliphatic heterocycles. The molecule has 2 heterocycles. The number of nitrogens with zero attached hydrogens (tertiary/aromatic N) is 2. The Hall–Kier alpha value is -0.200. The van der Waals surface area contributed by atoms with Gasteiger partial charge in [0.25, 0.3) is 0 Å². The van der Waals surface area contributed by atoms with E-state index in [9.17, 15) is 10.3 Å². The van der Waals surface area contributed by atoms with Crippen LogP contribution in [0.5, 0.6) is 0 Å². The molecule has 0 spiro atoms. The summed E-state index contributed by atoms with van der Waals surface area (Å²) >= 11 is 0. The number of hydrogen-bond acceptors (Lipinski definition) is 5. The Kier molecular flexibility index (Phi) is 4.71. The summed E-state index contributed by atoms with van der Waals surface area (Å²) < 4.78 is 0. The summed E-state index contributed by atoms with van der Waals surface area (Å²) in [4.78, 5) is 6.52. The molecule has 2 saturated heterocycles. The largest absolute Gasteiger partial charge is 0.393 e. The van der Waals surface area contributed by atoms with Crippen LogP contribution < -0.4 is 0 Å². The number of aliphatic hydroxyl groups is 1. The van der Waals surface area contributed by atoms with Crippen LogP contribution in [-0.4, -0.2) is 54.8 Å². The second-order valence-electron chi connectivity index (χ2n) is 10.1. The van der Waals surface area contributed by atoms with Gasteiger partial charge in [-0.3, -0.25) is 4.84 Å². The summed E-state index contributed by atoms with van der Waals surface area (Å²) in [6, 6.07) is 0. The molecule has 5 nitrogen and oxygen atoms in total. The topological polar surface area (TPSA) is 56.2 Å². The van der Waals surface area contributed by atoms with Gasteiger partial charge < -0.3 is 10.3 Å². The van der Waals surface area contributed by atoms with Crippen molar-refractivity contribution in [3.05, 3.63) is 0 Å². The van der Waals surface area contributed by atoms with Gasteiger partial charge in [-0.2, -0.15) is 10.1 Å². The van der Waals surface area contributed by atoms with E-state index in [1.165, 1.54) is 5.06 Å². The molecule has 0 bridgehead atoms. The predicted octanol–water partition coefficient (Wildman–Crippen LogP) is 3.34. The van der Waals surface area contributed by atoms with Gasteiger partial charge in [0.1, 0.15) is 0 Å². The highest BCUT2D eigenvalue weighted by molar-refractivity contribution is 5.00. The Morgan fingerprint density at radius 2 is 1.13 bits per heavy atom. The third-order valence-corrected chi connectivity index (χ3v) is 5.43. The number of piperidine rings is 2. The van der Waals surface area contributed by atoms with Crippen molar-refractivity contribution in [1.82, 2.24) is 10.1 Å².